The second-order valence-corrected chi connectivity index (χ2v) is 9.72. The fourth-order valence-electron chi connectivity index (χ4n) is 4.01. The number of amides is 1. The van der Waals surface area contributed by atoms with Crippen molar-refractivity contribution in [3.05, 3.63) is 80.1 Å². The topological polar surface area (TPSA) is 53.6 Å². The molecule has 0 radical (unpaired) electrons. The summed E-state index contributed by atoms with van der Waals surface area (Å²) in [4.78, 5) is 16.6. The number of fused-ring (bicyclic) bond motifs is 3. The Morgan fingerprint density at radius 2 is 2.03 bits per heavy atom. The molecule has 5 nitrogen and oxygen atoms in total. The molecule has 1 aromatic heterocycles. The Morgan fingerprint density at radius 1 is 1.20 bits per heavy atom. The molecule has 0 fully saturated rings. The average Bonchev–Trinajstić information content (AvgIpc) is 3.11. The van der Waals surface area contributed by atoms with Crippen LogP contribution in [0.5, 0.6) is 5.75 Å². The predicted octanol–water partition coefficient (Wildman–Crippen LogP) is 4.93. The number of nitrogens with one attached hydrogen (secondary N) is 2. The maximum atomic E-state index is 13.0. The first-order chi connectivity index (χ1) is 14.6. The zero-order chi connectivity index (χ0) is 20.7. The highest BCUT2D eigenvalue weighted by Gasteiger charge is 2.33. The van der Waals surface area contributed by atoms with E-state index in [1.807, 2.05) is 48.5 Å². The molecule has 0 saturated heterocycles. The number of likely N-dealkylation sites (N-methyl/N-ethyl adjacent to an activating group) is 1. The Hall–Kier alpha value is -2.35. The van der Waals surface area contributed by atoms with Gasteiger partial charge in [0.05, 0.1) is 5.56 Å². The molecule has 0 aliphatic carbocycles. The first kappa shape index (κ1) is 19.6. The molecule has 2 N–H and O–H groups in total. The van der Waals surface area contributed by atoms with Crippen molar-refractivity contribution in [3.63, 3.8) is 0 Å². The molecule has 30 heavy (non-hydrogen) atoms. The summed E-state index contributed by atoms with van der Waals surface area (Å²) in [6.45, 7) is 2.35. The average molecular weight is 484 g/mol. The first-order valence-electron chi connectivity index (χ1n) is 9.95. The van der Waals surface area contributed by atoms with Gasteiger partial charge in [0.1, 0.15) is 23.5 Å². The smallest absolute Gasteiger partial charge is 0.256 e. The van der Waals surface area contributed by atoms with Crippen LogP contribution in [0, 0.1) is 0 Å². The molecule has 5 rings (SSSR count). The van der Waals surface area contributed by atoms with Crippen molar-refractivity contribution >= 4 is 38.2 Å². The van der Waals surface area contributed by atoms with E-state index in [1.165, 1.54) is 10.4 Å². The molecule has 0 saturated carbocycles. The quantitative estimate of drug-likeness (QED) is 0.552. The molecule has 7 heteroatoms. The number of nitrogens with zero attached hydrogens (tertiary/aromatic N) is 1. The maximum Gasteiger partial charge on any atom is 0.256 e. The van der Waals surface area contributed by atoms with Crippen LogP contribution >= 0.6 is 27.3 Å². The Balaban J connectivity index is 1.44. The molecule has 3 heterocycles. The fraction of sp³-hybridized carbons (Fsp3) is 0.261. The van der Waals surface area contributed by atoms with E-state index in [4.69, 9.17) is 4.74 Å². The van der Waals surface area contributed by atoms with E-state index < -0.39 is 0 Å². The van der Waals surface area contributed by atoms with Gasteiger partial charge in [0, 0.05) is 28.0 Å². The van der Waals surface area contributed by atoms with Gasteiger partial charge in [0.2, 0.25) is 0 Å². The molecule has 2 aliphatic heterocycles. The van der Waals surface area contributed by atoms with Crippen LogP contribution in [0.15, 0.2) is 53.0 Å². The number of carbonyl (C=O) groups is 1. The van der Waals surface area contributed by atoms with Crippen LogP contribution < -0.4 is 15.4 Å². The SMILES string of the molecule is CN1CCc2c(sc3c2C(=O)NC(c2cc(Br)ccc2OCc2ccccc2)N3)C1. The van der Waals surface area contributed by atoms with Crippen LogP contribution in [0.2, 0.25) is 0 Å². The number of halogens is 1. The van der Waals surface area contributed by atoms with Crippen LogP contribution in [0.3, 0.4) is 0 Å². The molecule has 3 aromatic rings. The zero-order valence-electron chi connectivity index (χ0n) is 16.6. The van der Waals surface area contributed by atoms with Gasteiger partial charge in [-0.3, -0.25) is 4.79 Å². The van der Waals surface area contributed by atoms with Crippen LogP contribution in [0.4, 0.5) is 5.00 Å². The molecule has 1 atom stereocenters. The van der Waals surface area contributed by atoms with Crippen LogP contribution in [-0.4, -0.2) is 24.4 Å². The highest BCUT2D eigenvalue weighted by Crippen LogP contribution is 2.42. The minimum atomic E-state index is -0.342. The third-order valence-electron chi connectivity index (χ3n) is 5.55. The lowest BCUT2D eigenvalue weighted by atomic mass is 10.0. The molecule has 1 unspecified atom stereocenters. The van der Waals surface area contributed by atoms with Gasteiger partial charge in [-0.15, -0.1) is 11.3 Å². The number of hydrogen-bond acceptors (Lipinski definition) is 5. The number of benzene rings is 2. The minimum Gasteiger partial charge on any atom is -0.488 e. The molecule has 1 amide bonds. The van der Waals surface area contributed by atoms with E-state index >= 15 is 0 Å². The normalized spacial score (nSPS) is 18.2. The Morgan fingerprint density at radius 3 is 2.87 bits per heavy atom. The van der Waals surface area contributed by atoms with E-state index in [1.54, 1.807) is 11.3 Å². The fourth-order valence-corrected chi connectivity index (χ4v) is 5.74. The first-order valence-corrected chi connectivity index (χ1v) is 11.6. The molecule has 2 aliphatic rings. The van der Waals surface area contributed by atoms with Gasteiger partial charge in [0.15, 0.2) is 0 Å². The predicted molar refractivity (Wildman–Crippen MR) is 123 cm³/mol. The number of ether oxygens (including phenoxy) is 1. The highest BCUT2D eigenvalue weighted by molar-refractivity contribution is 9.10. The van der Waals surface area contributed by atoms with Gasteiger partial charge < -0.3 is 20.3 Å². The van der Waals surface area contributed by atoms with E-state index in [0.717, 1.165) is 51.4 Å². The Bertz CT molecular complexity index is 1100. The van der Waals surface area contributed by atoms with Gasteiger partial charge in [-0.05, 0) is 42.8 Å². The van der Waals surface area contributed by atoms with Crippen molar-refractivity contribution in [2.45, 2.75) is 25.7 Å². The molecular formula is C23H22BrN3O2S. The number of rotatable bonds is 4. The lowest BCUT2D eigenvalue weighted by Crippen LogP contribution is -2.39. The summed E-state index contributed by atoms with van der Waals surface area (Å²) in [5.41, 5.74) is 4.03. The summed E-state index contributed by atoms with van der Waals surface area (Å²) in [7, 11) is 2.12. The van der Waals surface area contributed by atoms with Crippen LogP contribution in [0.1, 0.15) is 38.1 Å². The number of thiophene rings is 1. The Kier molecular flexibility index (Phi) is 5.26. The van der Waals surface area contributed by atoms with Crippen LogP contribution in [-0.2, 0) is 19.6 Å². The molecule has 2 aromatic carbocycles. The number of anilines is 1. The van der Waals surface area contributed by atoms with Gasteiger partial charge in [0.25, 0.3) is 5.91 Å². The summed E-state index contributed by atoms with van der Waals surface area (Å²) in [6.07, 6.45) is 0.575. The standard InChI is InChI=1S/C23H22BrN3O2S/c1-27-10-9-16-19(12-27)30-23-20(16)22(28)25-21(26-23)17-11-15(24)7-8-18(17)29-13-14-5-3-2-4-6-14/h2-8,11,21,26H,9-10,12-13H2,1H3,(H,25,28). The molecule has 0 bridgehead atoms. The zero-order valence-corrected chi connectivity index (χ0v) is 19.0. The summed E-state index contributed by atoms with van der Waals surface area (Å²) in [5.74, 6) is 0.745. The van der Waals surface area contributed by atoms with E-state index in [0.29, 0.717) is 6.61 Å². The van der Waals surface area contributed by atoms with E-state index in [9.17, 15) is 4.79 Å². The van der Waals surface area contributed by atoms with Crippen molar-refractivity contribution in [3.8, 4) is 5.75 Å². The second-order valence-electron chi connectivity index (χ2n) is 7.70. The summed E-state index contributed by atoms with van der Waals surface area (Å²) >= 11 is 5.26. The van der Waals surface area contributed by atoms with Crippen LogP contribution in [0.25, 0.3) is 0 Å². The molecular weight excluding hydrogens is 462 g/mol. The van der Waals surface area contributed by atoms with E-state index in [2.05, 4.69) is 38.5 Å². The number of hydrogen-bond donors (Lipinski definition) is 2. The Labute approximate surface area is 188 Å². The lowest BCUT2D eigenvalue weighted by Gasteiger charge is -2.28. The monoisotopic (exact) mass is 483 g/mol. The van der Waals surface area contributed by atoms with Gasteiger partial charge in [-0.1, -0.05) is 46.3 Å². The molecule has 0 spiro atoms. The van der Waals surface area contributed by atoms with Crippen molar-refractivity contribution in [2.24, 2.45) is 0 Å². The summed E-state index contributed by atoms with van der Waals surface area (Å²) < 4.78 is 7.08. The second kappa shape index (κ2) is 8.06. The minimum absolute atomic E-state index is 0.00946. The van der Waals surface area contributed by atoms with Gasteiger partial charge in [-0.25, -0.2) is 0 Å². The van der Waals surface area contributed by atoms with Gasteiger partial charge >= 0.3 is 0 Å². The largest absolute Gasteiger partial charge is 0.488 e. The highest BCUT2D eigenvalue weighted by atomic mass is 79.9. The van der Waals surface area contributed by atoms with E-state index in [-0.39, 0.29) is 12.1 Å². The van der Waals surface area contributed by atoms with Crippen molar-refractivity contribution < 1.29 is 9.53 Å². The van der Waals surface area contributed by atoms with Crippen molar-refractivity contribution in [1.82, 2.24) is 10.2 Å². The lowest BCUT2D eigenvalue weighted by molar-refractivity contribution is 0.0934. The van der Waals surface area contributed by atoms with Crippen molar-refractivity contribution in [2.75, 3.05) is 18.9 Å². The third-order valence-corrected chi connectivity index (χ3v) is 7.19. The third kappa shape index (κ3) is 3.73. The maximum absolute atomic E-state index is 13.0. The van der Waals surface area contributed by atoms with Crippen molar-refractivity contribution in [1.29, 1.82) is 0 Å². The number of carbonyl (C=O) groups excluding carboxylic acids is 1. The summed E-state index contributed by atoms with van der Waals surface area (Å²) in [5, 5.41) is 7.65. The molecule has 154 valence electrons. The summed E-state index contributed by atoms with van der Waals surface area (Å²) in [6, 6.07) is 16.0. The van der Waals surface area contributed by atoms with Gasteiger partial charge in [-0.2, -0.15) is 0 Å².